The highest BCUT2D eigenvalue weighted by Gasteiger charge is 2.16. The molecule has 1 heterocycles. The molecule has 0 spiro atoms. The molecule has 0 saturated carbocycles. The number of benzene rings is 1. The maximum absolute atomic E-state index is 11.0. The molecule has 0 fully saturated rings. The number of ether oxygens (including phenoxy) is 1. The van der Waals surface area contributed by atoms with Crippen LogP contribution in [-0.2, 0) is 11.3 Å². The maximum atomic E-state index is 11.0. The van der Waals surface area contributed by atoms with Crippen molar-refractivity contribution in [2.24, 2.45) is 0 Å². The number of aromatic nitrogens is 1. The average Bonchev–Trinajstić information content (AvgIpc) is 2.90. The number of aliphatic carboxylic acids is 1. The molecule has 1 atom stereocenters. The molecule has 0 amide bonds. The fourth-order valence-electron chi connectivity index (χ4n) is 2.12. The van der Waals surface area contributed by atoms with Gasteiger partial charge in [-0.3, -0.25) is 4.79 Å². The summed E-state index contributed by atoms with van der Waals surface area (Å²) in [5.74, 6) is -0.0532. The summed E-state index contributed by atoms with van der Waals surface area (Å²) in [7, 11) is 1.61. The Morgan fingerprint density at radius 1 is 1.26 bits per heavy atom. The van der Waals surface area contributed by atoms with E-state index in [9.17, 15) is 4.79 Å². The monoisotopic (exact) mass is 259 g/mol. The third-order valence-electron chi connectivity index (χ3n) is 3.11. The zero-order valence-electron chi connectivity index (χ0n) is 10.8. The number of carboxylic acid groups (broad SMARTS) is 1. The fraction of sp³-hybridized carbons (Fsp3) is 0.267. The second-order valence-corrected chi connectivity index (χ2v) is 4.45. The van der Waals surface area contributed by atoms with Gasteiger partial charge in [-0.1, -0.05) is 12.1 Å². The molecular formula is C15H17NO3. The summed E-state index contributed by atoms with van der Waals surface area (Å²) in [6.07, 6.45) is 4.00. The first kappa shape index (κ1) is 13.2. The van der Waals surface area contributed by atoms with Crippen LogP contribution < -0.4 is 4.74 Å². The van der Waals surface area contributed by atoms with E-state index in [1.54, 1.807) is 7.11 Å². The first-order valence-electron chi connectivity index (χ1n) is 6.15. The number of hydrogen-bond acceptors (Lipinski definition) is 2. The van der Waals surface area contributed by atoms with Crippen molar-refractivity contribution in [3.05, 3.63) is 54.4 Å². The van der Waals surface area contributed by atoms with Crippen LogP contribution in [0.5, 0.6) is 5.75 Å². The topological polar surface area (TPSA) is 51.5 Å². The van der Waals surface area contributed by atoms with E-state index < -0.39 is 5.97 Å². The van der Waals surface area contributed by atoms with Gasteiger partial charge in [0, 0.05) is 24.9 Å². The van der Waals surface area contributed by atoms with E-state index in [1.807, 2.05) is 53.4 Å². The molecule has 0 aliphatic carbocycles. The minimum atomic E-state index is -0.784. The molecule has 0 bridgehead atoms. The summed E-state index contributed by atoms with van der Waals surface area (Å²) in [5, 5.41) is 9.04. The van der Waals surface area contributed by atoms with Gasteiger partial charge in [0.25, 0.3) is 0 Å². The van der Waals surface area contributed by atoms with Crippen molar-refractivity contribution in [2.45, 2.75) is 18.9 Å². The molecule has 0 aliphatic rings. The Balaban J connectivity index is 2.17. The van der Waals surface area contributed by atoms with Gasteiger partial charge in [0.2, 0.25) is 0 Å². The van der Waals surface area contributed by atoms with E-state index in [4.69, 9.17) is 9.84 Å². The molecule has 2 aromatic rings. The van der Waals surface area contributed by atoms with Gasteiger partial charge < -0.3 is 14.4 Å². The molecule has 1 N–H and O–H groups in total. The summed E-state index contributed by atoms with van der Waals surface area (Å²) in [6.45, 7) is 0.658. The Kier molecular flexibility index (Phi) is 4.23. The largest absolute Gasteiger partial charge is 0.497 e. The van der Waals surface area contributed by atoms with Gasteiger partial charge in [0.1, 0.15) is 5.75 Å². The van der Waals surface area contributed by atoms with Crippen LogP contribution in [0.25, 0.3) is 0 Å². The number of nitrogens with zero attached hydrogens (tertiary/aromatic N) is 1. The summed E-state index contributed by atoms with van der Waals surface area (Å²) >= 11 is 0. The van der Waals surface area contributed by atoms with Crippen LogP contribution in [0.2, 0.25) is 0 Å². The van der Waals surface area contributed by atoms with Crippen LogP contribution in [0.15, 0.2) is 48.8 Å². The van der Waals surface area contributed by atoms with Gasteiger partial charge in [-0.2, -0.15) is 0 Å². The standard InChI is InChI=1S/C15H17NO3/c1-19-14-6-4-12(5-7-14)13(10-15(17)18)11-16-8-2-3-9-16/h2-9,13H,10-11H2,1H3,(H,17,18). The quantitative estimate of drug-likeness (QED) is 0.867. The van der Waals surface area contributed by atoms with Gasteiger partial charge in [-0.25, -0.2) is 0 Å². The van der Waals surface area contributed by atoms with Gasteiger partial charge in [-0.15, -0.1) is 0 Å². The van der Waals surface area contributed by atoms with Crippen molar-refractivity contribution >= 4 is 5.97 Å². The van der Waals surface area contributed by atoms with Crippen molar-refractivity contribution < 1.29 is 14.6 Å². The molecule has 0 radical (unpaired) electrons. The van der Waals surface area contributed by atoms with Crippen molar-refractivity contribution in [1.82, 2.24) is 4.57 Å². The molecule has 0 aliphatic heterocycles. The SMILES string of the molecule is COc1ccc(C(CC(=O)O)Cn2cccc2)cc1. The second kappa shape index (κ2) is 6.09. The minimum Gasteiger partial charge on any atom is -0.497 e. The normalized spacial score (nSPS) is 12.1. The van der Waals surface area contributed by atoms with Crippen LogP contribution in [-0.4, -0.2) is 22.8 Å². The number of rotatable bonds is 6. The lowest BCUT2D eigenvalue weighted by Crippen LogP contribution is -2.12. The highest BCUT2D eigenvalue weighted by atomic mass is 16.5. The molecule has 2 rings (SSSR count). The fourth-order valence-corrected chi connectivity index (χ4v) is 2.12. The number of carboxylic acids is 1. The van der Waals surface area contributed by atoms with Crippen LogP contribution >= 0.6 is 0 Å². The smallest absolute Gasteiger partial charge is 0.304 e. The lowest BCUT2D eigenvalue weighted by Gasteiger charge is -2.16. The third-order valence-corrected chi connectivity index (χ3v) is 3.11. The van der Waals surface area contributed by atoms with E-state index in [1.165, 1.54) is 0 Å². The van der Waals surface area contributed by atoms with Crippen molar-refractivity contribution in [3.8, 4) is 5.75 Å². The molecule has 4 nitrogen and oxygen atoms in total. The summed E-state index contributed by atoms with van der Waals surface area (Å²) in [5.41, 5.74) is 1.01. The van der Waals surface area contributed by atoms with Crippen molar-refractivity contribution in [3.63, 3.8) is 0 Å². The third kappa shape index (κ3) is 3.61. The number of carbonyl (C=O) groups is 1. The Bertz CT molecular complexity index is 517. The number of methoxy groups -OCH3 is 1. The van der Waals surface area contributed by atoms with E-state index in [0.717, 1.165) is 11.3 Å². The summed E-state index contributed by atoms with van der Waals surface area (Å²) in [6, 6.07) is 11.4. The maximum Gasteiger partial charge on any atom is 0.304 e. The molecular weight excluding hydrogens is 242 g/mol. The first-order chi connectivity index (χ1) is 9.19. The zero-order valence-corrected chi connectivity index (χ0v) is 10.8. The van der Waals surface area contributed by atoms with Crippen molar-refractivity contribution in [1.29, 1.82) is 0 Å². The van der Waals surface area contributed by atoms with Crippen molar-refractivity contribution in [2.75, 3.05) is 7.11 Å². The van der Waals surface area contributed by atoms with E-state index in [2.05, 4.69) is 0 Å². The summed E-state index contributed by atoms with van der Waals surface area (Å²) < 4.78 is 7.11. The Labute approximate surface area is 112 Å². The minimum absolute atomic E-state index is 0.0455. The molecule has 100 valence electrons. The van der Waals surface area contributed by atoms with Crippen LogP contribution in [0.1, 0.15) is 17.9 Å². The molecule has 1 unspecified atom stereocenters. The lowest BCUT2D eigenvalue weighted by atomic mass is 9.95. The Morgan fingerprint density at radius 2 is 1.89 bits per heavy atom. The van der Waals surface area contributed by atoms with Gasteiger partial charge in [-0.05, 0) is 29.8 Å². The summed E-state index contributed by atoms with van der Waals surface area (Å²) in [4.78, 5) is 11.0. The van der Waals surface area contributed by atoms with Gasteiger partial charge in [0.05, 0.1) is 13.5 Å². The average molecular weight is 259 g/mol. The second-order valence-electron chi connectivity index (χ2n) is 4.45. The van der Waals surface area contributed by atoms with E-state index in [0.29, 0.717) is 6.54 Å². The lowest BCUT2D eigenvalue weighted by molar-refractivity contribution is -0.137. The first-order valence-corrected chi connectivity index (χ1v) is 6.15. The Morgan fingerprint density at radius 3 is 2.42 bits per heavy atom. The molecule has 1 aromatic carbocycles. The van der Waals surface area contributed by atoms with Gasteiger partial charge in [0.15, 0.2) is 0 Å². The number of hydrogen-bond donors (Lipinski definition) is 1. The predicted octanol–water partition coefficient (Wildman–Crippen LogP) is 2.76. The predicted molar refractivity (Wildman–Crippen MR) is 72.4 cm³/mol. The molecule has 1 aromatic heterocycles. The van der Waals surface area contributed by atoms with E-state index >= 15 is 0 Å². The highest BCUT2D eigenvalue weighted by molar-refractivity contribution is 5.68. The van der Waals surface area contributed by atoms with Crippen LogP contribution in [0, 0.1) is 0 Å². The van der Waals surface area contributed by atoms with Gasteiger partial charge >= 0.3 is 5.97 Å². The molecule has 19 heavy (non-hydrogen) atoms. The Hall–Kier alpha value is -2.23. The van der Waals surface area contributed by atoms with Crippen LogP contribution in [0.3, 0.4) is 0 Å². The van der Waals surface area contributed by atoms with Crippen LogP contribution in [0.4, 0.5) is 0 Å². The highest BCUT2D eigenvalue weighted by Crippen LogP contribution is 2.24. The molecule has 0 saturated heterocycles. The molecule has 4 heteroatoms. The van der Waals surface area contributed by atoms with E-state index in [-0.39, 0.29) is 12.3 Å². The zero-order chi connectivity index (χ0) is 13.7.